The molecule has 1 aromatic rings. The first kappa shape index (κ1) is 12.2. The highest BCUT2D eigenvalue weighted by molar-refractivity contribution is 6.32. The second-order valence-electron chi connectivity index (χ2n) is 3.21. The lowest BCUT2D eigenvalue weighted by Gasteiger charge is -2.13. The third-order valence-corrected chi connectivity index (χ3v) is 2.23. The number of aliphatic hydroxyl groups excluding tert-OH is 1. The number of aryl methyl sites for hydroxylation is 1. The van der Waals surface area contributed by atoms with E-state index in [2.05, 4.69) is 0 Å². The summed E-state index contributed by atoms with van der Waals surface area (Å²) in [6, 6.07) is 3.11. The number of rotatable bonds is 4. The molecule has 0 aliphatic carbocycles. The van der Waals surface area contributed by atoms with E-state index in [1.807, 2.05) is 0 Å². The van der Waals surface area contributed by atoms with Gasteiger partial charge in [0.2, 0.25) is 0 Å². The molecule has 1 unspecified atom stereocenters. The van der Waals surface area contributed by atoms with Gasteiger partial charge in [-0.05, 0) is 18.6 Å². The van der Waals surface area contributed by atoms with Crippen LogP contribution in [0.2, 0.25) is 5.02 Å². The van der Waals surface area contributed by atoms with Crippen LogP contribution in [0.4, 0.5) is 4.39 Å². The number of aliphatic hydroxyl groups is 1. The van der Waals surface area contributed by atoms with Crippen LogP contribution in [0.25, 0.3) is 0 Å². The van der Waals surface area contributed by atoms with Crippen molar-refractivity contribution in [3.05, 3.63) is 28.5 Å². The van der Waals surface area contributed by atoms with Gasteiger partial charge >= 0.3 is 0 Å². The van der Waals surface area contributed by atoms with Crippen LogP contribution in [0.5, 0.6) is 5.75 Å². The highest BCUT2D eigenvalue weighted by Gasteiger charge is 2.12. The molecule has 0 aliphatic rings. The molecule has 3 nitrogen and oxygen atoms in total. The standard InChI is InChI=1S/C10H13ClFNO2/c1-6-2-3-8(11)10(9(6)12)15-5-7(14)4-13/h2-3,7,14H,4-5,13H2,1H3. The van der Waals surface area contributed by atoms with Crippen LogP contribution < -0.4 is 10.5 Å². The van der Waals surface area contributed by atoms with E-state index in [9.17, 15) is 4.39 Å². The van der Waals surface area contributed by atoms with Gasteiger partial charge in [-0.25, -0.2) is 4.39 Å². The van der Waals surface area contributed by atoms with Gasteiger partial charge in [-0.1, -0.05) is 17.7 Å². The summed E-state index contributed by atoms with van der Waals surface area (Å²) in [5.41, 5.74) is 5.63. The molecule has 0 bridgehead atoms. The predicted molar refractivity (Wildman–Crippen MR) is 56.7 cm³/mol. The Hall–Kier alpha value is -0.840. The lowest BCUT2D eigenvalue weighted by atomic mass is 10.2. The highest BCUT2D eigenvalue weighted by Crippen LogP contribution is 2.29. The van der Waals surface area contributed by atoms with Crippen LogP contribution in [0.3, 0.4) is 0 Å². The first-order valence-corrected chi connectivity index (χ1v) is 4.89. The number of halogens is 2. The number of nitrogens with two attached hydrogens (primary N) is 1. The molecule has 0 aliphatic heterocycles. The second-order valence-corrected chi connectivity index (χ2v) is 3.62. The van der Waals surface area contributed by atoms with Gasteiger partial charge in [0.15, 0.2) is 11.6 Å². The summed E-state index contributed by atoms with van der Waals surface area (Å²) < 4.78 is 18.6. The van der Waals surface area contributed by atoms with Crippen LogP contribution in [-0.4, -0.2) is 24.4 Å². The van der Waals surface area contributed by atoms with Gasteiger partial charge < -0.3 is 15.6 Å². The van der Waals surface area contributed by atoms with Gasteiger partial charge in [-0.3, -0.25) is 0 Å². The molecule has 1 rings (SSSR count). The molecule has 15 heavy (non-hydrogen) atoms. The van der Waals surface area contributed by atoms with Crippen molar-refractivity contribution < 1.29 is 14.2 Å². The lowest BCUT2D eigenvalue weighted by Crippen LogP contribution is -2.26. The van der Waals surface area contributed by atoms with E-state index >= 15 is 0 Å². The van der Waals surface area contributed by atoms with E-state index in [1.165, 1.54) is 0 Å². The minimum Gasteiger partial charge on any atom is -0.486 e. The zero-order valence-electron chi connectivity index (χ0n) is 8.34. The molecule has 5 heteroatoms. The first-order chi connectivity index (χ1) is 7.06. The molecule has 84 valence electrons. The summed E-state index contributed by atoms with van der Waals surface area (Å²) in [5, 5.41) is 9.34. The van der Waals surface area contributed by atoms with Crippen molar-refractivity contribution in [1.82, 2.24) is 0 Å². The van der Waals surface area contributed by atoms with Crippen molar-refractivity contribution in [2.24, 2.45) is 5.73 Å². The van der Waals surface area contributed by atoms with E-state index < -0.39 is 11.9 Å². The van der Waals surface area contributed by atoms with Crippen molar-refractivity contribution in [1.29, 1.82) is 0 Å². The highest BCUT2D eigenvalue weighted by atomic mass is 35.5. The third kappa shape index (κ3) is 3.06. The monoisotopic (exact) mass is 233 g/mol. The summed E-state index contributed by atoms with van der Waals surface area (Å²) >= 11 is 5.75. The average molecular weight is 234 g/mol. The maximum Gasteiger partial charge on any atom is 0.173 e. The van der Waals surface area contributed by atoms with Crippen molar-refractivity contribution in [3.63, 3.8) is 0 Å². The van der Waals surface area contributed by atoms with Crippen LogP contribution >= 0.6 is 11.6 Å². The van der Waals surface area contributed by atoms with Crippen molar-refractivity contribution in [2.75, 3.05) is 13.2 Å². The van der Waals surface area contributed by atoms with Gasteiger partial charge in [-0.15, -0.1) is 0 Å². The molecule has 0 spiro atoms. The number of hydrogen-bond acceptors (Lipinski definition) is 3. The summed E-state index contributed by atoms with van der Waals surface area (Å²) in [5.74, 6) is -0.545. The Morgan fingerprint density at radius 1 is 1.60 bits per heavy atom. The topological polar surface area (TPSA) is 55.5 Å². The zero-order valence-corrected chi connectivity index (χ0v) is 9.09. The van der Waals surface area contributed by atoms with Gasteiger partial charge in [0.25, 0.3) is 0 Å². The number of hydrogen-bond donors (Lipinski definition) is 2. The molecule has 3 N–H and O–H groups in total. The van der Waals surface area contributed by atoms with Crippen molar-refractivity contribution in [2.45, 2.75) is 13.0 Å². The smallest absolute Gasteiger partial charge is 0.173 e. The lowest BCUT2D eigenvalue weighted by molar-refractivity contribution is 0.112. The maximum absolute atomic E-state index is 13.5. The molecule has 0 amide bonds. The number of benzene rings is 1. The largest absolute Gasteiger partial charge is 0.486 e. The van der Waals surface area contributed by atoms with Crippen LogP contribution in [0, 0.1) is 12.7 Å². The van der Waals surface area contributed by atoms with E-state index in [0.717, 1.165) is 0 Å². The maximum atomic E-state index is 13.5. The van der Waals surface area contributed by atoms with Gasteiger partial charge in [0.1, 0.15) is 12.7 Å². The third-order valence-electron chi connectivity index (χ3n) is 1.93. The van der Waals surface area contributed by atoms with Crippen LogP contribution in [0.15, 0.2) is 12.1 Å². The summed E-state index contributed by atoms with van der Waals surface area (Å²) in [4.78, 5) is 0. The Balaban J connectivity index is 2.80. The molecular formula is C10H13ClFNO2. The molecule has 0 aromatic heterocycles. The molecule has 0 saturated heterocycles. The molecule has 1 aromatic carbocycles. The van der Waals surface area contributed by atoms with Gasteiger partial charge in [0.05, 0.1) is 5.02 Å². The summed E-state index contributed by atoms with van der Waals surface area (Å²) in [6.45, 7) is 1.60. The van der Waals surface area contributed by atoms with E-state index in [4.69, 9.17) is 27.2 Å². The fraction of sp³-hybridized carbons (Fsp3) is 0.400. The predicted octanol–water partition coefficient (Wildman–Crippen LogP) is 1.49. The first-order valence-electron chi connectivity index (χ1n) is 4.51. The molecule has 0 fully saturated rings. The van der Waals surface area contributed by atoms with E-state index in [-0.39, 0.29) is 23.9 Å². The van der Waals surface area contributed by atoms with Crippen LogP contribution in [-0.2, 0) is 0 Å². The Kier molecular flexibility index (Phi) is 4.32. The van der Waals surface area contributed by atoms with E-state index in [0.29, 0.717) is 5.56 Å². The molecule has 0 saturated carbocycles. The Bertz CT molecular complexity index is 346. The van der Waals surface area contributed by atoms with Gasteiger partial charge in [-0.2, -0.15) is 0 Å². The fourth-order valence-electron chi connectivity index (χ4n) is 1.01. The quantitative estimate of drug-likeness (QED) is 0.829. The van der Waals surface area contributed by atoms with Crippen molar-refractivity contribution >= 4 is 11.6 Å². The summed E-state index contributed by atoms with van der Waals surface area (Å²) in [7, 11) is 0. The van der Waals surface area contributed by atoms with Crippen LogP contribution in [0.1, 0.15) is 5.56 Å². The second kappa shape index (κ2) is 5.30. The Morgan fingerprint density at radius 3 is 2.87 bits per heavy atom. The Morgan fingerprint density at radius 2 is 2.27 bits per heavy atom. The fourth-order valence-corrected chi connectivity index (χ4v) is 1.21. The molecular weight excluding hydrogens is 221 g/mol. The molecule has 1 atom stereocenters. The van der Waals surface area contributed by atoms with E-state index in [1.54, 1.807) is 19.1 Å². The SMILES string of the molecule is Cc1ccc(Cl)c(OCC(O)CN)c1F. The van der Waals surface area contributed by atoms with Gasteiger partial charge in [0, 0.05) is 6.54 Å². The molecule has 0 radical (unpaired) electrons. The molecule has 0 heterocycles. The Labute approximate surface area is 92.6 Å². The average Bonchev–Trinajstić information content (AvgIpc) is 2.23. The summed E-state index contributed by atoms with van der Waals surface area (Å²) in [6.07, 6.45) is -0.819. The zero-order chi connectivity index (χ0) is 11.4. The number of ether oxygens (including phenoxy) is 1. The normalized spacial score (nSPS) is 12.6. The minimum atomic E-state index is -0.819. The minimum absolute atomic E-state index is 0.0378. The van der Waals surface area contributed by atoms with Crippen molar-refractivity contribution in [3.8, 4) is 5.75 Å².